The number of hydrogen-bond donors (Lipinski definition) is 2. The molecule has 0 saturated heterocycles. The number of carbonyl (C=O) groups is 1. The molecule has 1 heterocycles. The maximum atomic E-state index is 10.6. The summed E-state index contributed by atoms with van der Waals surface area (Å²) in [6, 6.07) is 0.156. The first kappa shape index (κ1) is 10.1. The van der Waals surface area contributed by atoms with Gasteiger partial charge in [0.05, 0.1) is 0 Å². The largest absolute Gasteiger partial charge is 0.475 e. The molecule has 15 heavy (non-hydrogen) atoms. The normalized spacial score (nSPS) is 26.5. The number of carboxylic acids is 1. The lowest BCUT2D eigenvalue weighted by molar-refractivity contribution is 0.0680. The van der Waals surface area contributed by atoms with E-state index < -0.39 is 5.97 Å². The van der Waals surface area contributed by atoms with Gasteiger partial charge in [-0.15, -0.1) is 0 Å². The maximum absolute atomic E-state index is 10.6. The van der Waals surface area contributed by atoms with Crippen molar-refractivity contribution in [1.82, 2.24) is 10.1 Å². The van der Waals surface area contributed by atoms with Crippen molar-refractivity contribution in [3.8, 4) is 0 Å². The van der Waals surface area contributed by atoms with E-state index in [4.69, 9.17) is 15.4 Å². The van der Waals surface area contributed by atoms with E-state index >= 15 is 0 Å². The molecule has 1 aliphatic carbocycles. The van der Waals surface area contributed by atoms with E-state index in [1.54, 1.807) is 0 Å². The molecule has 0 bridgehead atoms. The first-order valence-corrected chi connectivity index (χ1v) is 4.99. The zero-order valence-electron chi connectivity index (χ0n) is 8.22. The highest BCUT2D eigenvalue weighted by Crippen LogP contribution is 2.30. The molecule has 3 N–H and O–H groups in total. The van der Waals surface area contributed by atoms with Crippen LogP contribution in [-0.4, -0.2) is 27.3 Å². The highest BCUT2D eigenvalue weighted by molar-refractivity contribution is 5.82. The monoisotopic (exact) mass is 211 g/mol. The Morgan fingerprint density at radius 1 is 1.53 bits per heavy atom. The van der Waals surface area contributed by atoms with Gasteiger partial charge in [-0.05, 0) is 24.4 Å². The molecule has 0 spiro atoms. The number of aromatic nitrogens is 2. The number of nitrogens with two attached hydrogens (primary N) is 1. The second-order valence-corrected chi connectivity index (χ2v) is 3.88. The molecule has 2 rings (SSSR count). The van der Waals surface area contributed by atoms with Crippen molar-refractivity contribution in [2.75, 3.05) is 0 Å². The molecule has 0 amide bonds. The molecule has 1 fully saturated rings. The summed E-state index contributed by atoms with van der Waals surface area (Å²) in [6.07, 6.45) is 3.77. The summed E-state index contributed by atoms with van der Waals surface area (Å²) >= 11 is 0. The number of hydrogen-bond acceptors (Lipinski definition) is 5. The van der Waals surface area contributed by atoms with Gasteiger partial charge in [-0.3, -0.25) is 0 Å². The van der Waals surface area contributed by atoms with Crippen LogP contribution in [0.15, 0.2) is 4.52 Å². The topological polar surface area (TPSA) is 102 Å². The van der Waals surface area contributed by atoms with E-state index in [2.05, 4.69) is 10.1 Å². The summed E-state index contributed by atoms with van der Waals surface area (Å²) in [7, 11) is 0. The number of nitrogens with zero attached hydrogens (tertiary/aromatic N) is 2. The fourth-order valence-corrected chi connectivity index (χ4v) is 1.94. The average Bonchev–Trinajstić information content (AvgIpc) is 2.66. The van der Waals surface area contributed by atoms with E-state index in [0.717, 1.165) is 25.7 Å². The third-order valence-corrected chi connectivity index (χ3v) is 2.70. The highest BCUT2D eigenvalue weighted by atomic mass is 16.5. The Bertz CT molecular complexity index is 363. The van der Waals surface area contributed by atoms with Crippen molar-refractivity contribution in [3.63, 3.8) is 0 Å². The Labute approximate surface area is 86.5 Å². The van der Waals surface area contributed by atoms with Crippen molar-refractivity contribution in [2.24, 2.45) is 5.73 Å². The molecule has 2 atom stereocenters. The van der Waals surface area contributed by atoms with Crippen molar-refractivity contribution >= 4 is 5.97 Å². The maximum Gasteiger partial charge on any atom is 0.377 e. The first-order chi connectivity index (χ1) is 7.16. The Morgan fingerprint density at radius 3 is 2.93 bits per heavy atom. The van der Waals surface area contributed by atoms with Crippen LogP contribution < -0.4 is 5.73 Å². The van der Waals surface area contributed by atoms with Crippen LogP contribution in [0.5, 0.6) is 0 Å². The van der Waals surface area contributed by atoms with Gasteiger partial charge in [0.15, 0.2) is 0 Å². The second-order valence-electron chi connectivity index (χ2n) is 3.88. The predicted octanol–water partition coefficient (Wildman–Crippen LogP) is 0.753. The summed E-state index contributed by atoms with van der Waals surface area (Å²) in [5, 5.41) is 12.0. The SMILES string of the molecule is NC1CCCC(c2nc(C(=O)O)no2)C1. The third-order valence-electron chi connectivity index (χ3n) is 2.70. The third kappa shape index (κ3) is 2.15. The number of aromatic carboxylic acids is 1. The Morgan fingerprint density at radius 2 is 2.33 bits per heavy atom. The molecule has 6 heteroatoms. The predicted molar refractivity (Wildman–Crippen MR) is 50.4 cm³/mol. The summed E-state index contributed by atoms with van der Waals surface area (Å²) in [5.74, 6) is -0.911. The minimum absolute atomic E-state index is 0.120. The van der Waals surface area contributed by atoms with Gasteiger partial charge < -0.3 is 15.4 Å². The lowest BCUT2D eigenvalue weighted by Crippen LogP contribution is -2.27. The molecule has 6 nitrogen and oxygen atoms in total. The van der Waals surface area contributed by atoms with E-state index in [9.17, 15) is 4.79 Å². The van der Waals surface area contributed by atoms with Crippen LogP contribution in [-0.2, 0) is 0 Å². The van der Waals surface area contributed by atoms with E-state index in [1.807, 2.05) is 0 Å². The fraction of sp³-hybridized carbons (Fsp3) is 0.667. The van der Waals surface area contributed by atoms with Crippen LogP contribution in [0.3, 0.4) is 0 Å². The van der Waals surface area contributed by atoms with Crippen LogP contribution in [0, 0.1) is 0 Å². The van der Waals surface area contributed by atoms with Gasteiger partial charge in [0.1, 0.15) is 0 Å². The van der Waals surface area contributed by atoms with Gasteiger partial charge >= 0.3 is 5.97 Å². The number of rotatable bonds is 2. The van der Waals surface area contributed by atoms with Crippen molar-refractivity contribution in [2.45, 2.75) is 37.6 Å². The quantitative estimate of drug-likeness (QED) is 0.748. The highest BCUT2D eigenvalue weighted by Gasteiger charge is 2.26. The number of carboxylic acid groups (broad SMARTS) is 1. The van der Waals surface area contributed by atoms with Crippen molar-refractivity contribution < 1.29 is 14.4 Å². The minimum Gasteiger partial charge on any atom is -0.475 e. The van der Waals surface area contributed by atoms with Gasteiger partial charge in [-0.25, -0.2) is 4.79 Å². The summed E-state index contributed by atoms with van der Waals surface area (Å²) in [4.78, 5) is 14.4. The summed E-state index contributed by atoms with van der Waals surface area (Å²) in [6.45, 7) is 0. The van der Waals surface area contributed by atoms with E-state index in [-0.39, 0.29) is 17.8 Å². The minimum atomic E-state index is -1.16. The van der Waals surface area contributed by atoms with E-state index in [0.29, 0.717) is 5.89 Å². The molecule has 1 aliphatic rings. The molecule has 0 aromatic carbocycles. The smallest absolute Gasteiger partial charge is 0.377 e. The second kappa shape index (κ2) is 3.98. The zero-order valence-corrected chi connectivity index (χ0v) is 8.22. The van der Waals surface area contributed by atoms with Crippen molar-refractivity contribution in [1.29, 1.82) is 0 Å². The molecule has 1 saturated carbocycles. The molecular formula is C9H13N3O3. The lowest BCUT2D eigenvalue weighted by Gasteiger charge is -2.23. The molecule has 1 aromatic rings. The molecule has 0 radical (unpaired) electrons. The van der Waals surface area contributed by atoms with E-state index in [1.165, 1.54) is 0 Å². The van der Waals surface area contributed by atoms with Crippen LogP contribution in [0.2, 0.25) is 0 Å². The molecule has 82 valence electrons. The molecule has 2 unspecified atom stereocenters. The Hall–Kier alpha value is -1.43. The fourth-order valence-electron chi connectivity index (χ4n) is 1.94. The molecule has 0 aliphatic heterocycles. The van der Waals surface area contributed by atoms with Gasteiger partial charge in [0.25, 0.3) is 5.82 Å². The zero-order chi connectivity index (χ0) is 10.8. The average molecular weight is 211 g/mol. The van der Waals surface area contributed by atoms with Crippen LogP contribution in [0.4, 0.5) is 0 Å². The molecule has 1 aromatic heterocycles. The van der Waals surface area contributed by atoms with Gasteiger partial charge in [0.2, 0.25) is 5.89 Å². The van der Waals surface area contributed by atoms with Crippen LogP contribution >= 0.6 is 0 Å². The van der Waals surface area contributed by atoms with Gasteiger partial charge in [-0.1, -0.05) is 6.42 Å². The first-order valence-electron chi connectivity index (χ1n) is 4.99. The van der Waals surface area contributed by atoms with Crippen LogP contribution in [0.1, 0.15) is 48.1 Å². The summed E-state index contributed by atoms with van der Waals surface area (Å²) < 4.78 is 4.92. The van der Waals surface area contributed by atoms with Crippen molar-refractivity contribution in [3.05, 3.63) is 11.7 Å². The summed E-state index contributed by atoms with van der Waals surface area (Å²) in [5.41, 5.74) is 5.82. The van der Waals surface area contributed by atoms with Gasteiger partial charge in [0, 0.05) is 12.0 Å². The van der Waals surface area contributed by atoms with Gasteiger partial charge in [-0.2, -0.15) is 4.98 Å². The molecular weight excluding hydrogens is 198 g/mol. The lowest BCUT2D eigenvalue weighted by atomic mass is 9.86. The standard InChI is InChI=1S/C9H13N3O3/c10-6-3-1-2-5(4-6)8-11-7(9(13)14)12-15-8/h5-6H,1-4,10H2,(H,13,14). The van der Waals surface area contributed by atoms with Crippen LogP contribution in [0.25, 0.3) is 0 Å². The Kier molecular flexibility index (Phi) is 2.68. The Balaban J connectivity index is 2.11.